The number of pyridine rings is 1. The molecule has 2 heterocycles. The zero-order valence-corrected chi connectivity index (χ0v) is 16.8. The number of amides is 1. The Balaban J connectivity index is 1.85. The molecule has 0 saturated carbocycles. The Morgan fingerprint density at radius 1 is 1.04 bits per heavy atom. The fourth-order valence-electron chi connectivity index (χ4n) is 2.89. The molecule has 0 bridgehead atoms. The minimum atomic E-state index is -0.320. The minimum Gasteiger partial charge on any atom is -0.321 e. The van der Waals surface area contributed by atoms with Crippen LogP contribution in [0.3, 0.4) is 0 Å². The Hall–Kier alpha value is -2.60. The lowest BCUT2D eigenvalue weighted by molar-refractivity contribution is 0.102. The highest BCUT2D eigenvalue weighted by molar-refractivity contribution is 6.36. The molecule has 2 aromatic heterocycles. The smallest absolute Gasteiger partial charge is 0.256 e. The zero-order valence-electron chi connectivity index (χ0n) is 14.6. The lowest BCUT2D eigenvalue weighted by Gasteiger charge is -2.11. The number of nitrogens with one attached hydrogen (secondary N) is 1. The molecule has 0 atom stereocenters. The monoisotopic (exact) mass is 430 g/mol. The first-order chi connectivity index (χ1) is 13.4. The summed E-state index contributed by atoms with van der Waals surface area (Å²) >= 11 is 18.5. The maximum Gasteiger partial charge on any atom is 0.256 e. The van der Waals surface area contributed by atoms with Gasteiger partial charge in [0.15, 0.2) is 5.65 Å². The van der Waals surface area contributed by atoms with E-state index in [1.165, 1.54) is 0 Å². The summed E-state index contributed by atoms with van der Waals surface area (Å²) in [6.07, 6.45) is 1.61. The number of halogens is 3. The van der Waals surface area contributed by atoms with Crippen LogP contribution in [0.15, 0.2) is 54.7 Å². The van der Waals surface area contributed by atoms with Gasteiger partial charge in [-0.1, -0.05) is 46.9 Å². The van der Waals surface area contributed by atoms with Crippen molar-refractivity contribution in [1.29, 1.82) is 0 Å². The van der Waals surface area contributed by atoms with Gasteiger partial charge in [0.25, 0.3) is 5.91 Å². The highest BCUT2D eigenvalue weighted by atomic mass is 35.5. The van der Waals surface area contributed by atoms with Gasteiger partial charge in [0.2, 0.25) is 0 Å². The van der Waals surface area contributed by atoms with E-state index in [9.17, 15) is 4.79 Å². The molecule has 5 nitrogen and oxygen atoms in total. The van der Waals surface area contributed by atoms with Crippen LogP contribution in [0.5, 0.6) is 0 Å². The second-order valence-electron chi connectivity index (χ2n) is 6.12. The van der Waals surface area contributed by atoms with Crippen molar-refractivity contribution in [3.63, 3.8) is 0 Å². The van der Waals surface area contributed by atoms with Crippen LogP contribution in [0.4, 0.5) is 5.69 Å². The number of hydrogen-bond acceptors (Lipinski definition) is 3. The SMILES string of the molecule is Cn1ncc2c(C(=O)Nc3ccccc3Cl)cc(-c3ccc(Cl)cc3Cl)nc21. The Labute approximate surface area is 175 Å². The molecule has 0 aliphatic carbocycles. The average Bonchev–Trinajstić information content (AvgIpc) is 3.04. The molecule has 4 rings (SSSR count). The maximum absolute atomic E-state index is 13.0. The van der Waals surface area contributed by atoms with Crippen molar-refractivity contribution in [2.75, 3.05) is 5.32 Å². The zero-order chi connectivity index (χ0) is 19.8. The third-order valence-electron chi connectivity index (χ3n) is 4.28. The number of aryl methyl sites for hydroxylation is 1. The van der Waals surface area contributed by atoms with Crippen LogP contribution < -0.4 is 5.32 Å². The summed E-state index contributed by atoms with van der Waals surface area (Å²) in [5.41, 5.74) is 2.71. The van der Waals surface area contributed by atoms with Gasteiger partial charge in [0, 0.05) is 17.6 Å². The van der Waals surface area contributed by atoms with E-state index in [1.807, 2.05) is 0 Å². The molecule has 0 aliphatic rings. The van der Waals surface area contributed by atoms with Crippen LogP contribution in [-0.4, -0.2) is 20.7 Å². The summed E-state index contributed by atoms with van der Waals surface area (Å²) in [4.78, 5) is 17.7. The molecule has 0 unspecified atom stereocenters. The fraction of sp³-hybridized carbons (Fsp3) is 0.0500. The van der Waals surface area contributed by atoms with Gasteiger partial charge in [-0.2, -0.15) is 5.10 Å². The second-order valence-corrected chi connectivity index (χ2v) is 7.37. The van der Waals surface area contributed by atoms with E-state index in [0.29, 0.717) is 48.6 Å². The molecular weight excluding hydrogens is 419 g/mol. The molecule has 0 fully saturated rings. The lowest BCUT2D eigenvalue weighted by Crippen LogP contribution is -2.13. The lowest BCUT2D eigenvalue weighted by atomic mass is 10.1. The van der Waals surface area contributed by atoms with Crippen LogP contribution in [0.25, 0.3) is 22.3 Å². The summed E-state index contributed by atoms with van der Waals surface area (Å²) in [6, 6.07) is 13.9. The van der Waals surface area contributed by atoms with Gasteiger partial charge in [-0.25, -0.2) is 4.98 Å². The van der Waals surface area contributed by atoms with Gasteiger partial charge in [0.05, 0.1) is 38.6 Å². The van der Waals surface area contributed by atoms with Gasteiger partial charge in [0.1, 0.15) is 0 Å². The number of carbonyl (C=O) groups excluding carboxylic acids is 1. The number of nitrogens with zero attached hydrogens (tertiary/aromatic N) is 3. The maximum atomic E-state index is 13.0. The summed E-state index contributed by atoms with van der Waals surface area (Å²) in [5, 5.41) is 9.11. The molecule has 0 saturated heterocycles. The van der Waals surface area contributed by atoms with Crippen LogP contribution in [-0.2, 0) is 7.05 Å². The number of para-hydroxylation sites is 1. The Morgan fingerprint density at radius 2 is 1.82 bits per heavy atom. The Kier molecular flexibility index (Phi) is 4.98. The average molecular weight is 432 g/mol. The molecule has 4 aromatic rings. The second kappa shape index (κ2) is 7.43. The fourth-order valence-corrected chi connectivity index (χ4v) is 3.58. The number of carbonyl (C=O) groups is 1. The van der Waals surface area contributed by atoms with Crippen molar-refractivity contribution in [3.8, 4) is 11.3 Å². The summed E-state index contributed by atoms with van der Waals surface area (Å²) in [7, 11) is 1.76. The third kappa shape index (κ3) is 3.44. The molecule has 1 N–H and O–H groups in total. The third-order valence-corrected chi connectivity index (χ3v) is 5.16. The summed E-state index contributed by atoms with van der Waals surface area (Å²) in [6.45, 7) is 0. The van der Waals surface area contributed by atoms with Crippen molar-refractivity contribution in [2.24, 2.45) is 7.05 Å². The van der Waals surface area contributed by atoms with E-state index >= 15 is 0 Å². The van der Waals surface area contributed by atoms with E-state index in [-0.39, 0.29) is 5.91 Å². The van der Waals surface area contributed by atoms with Crippen LogP contribution >= 0.6 is 34.8 Å². The van der Waals surface area contributed by atoms with Crippen molar-refractivity contribution in [3.05, 3.63) is 75.4 Å². The first kappa shape index (κ1) is 18.7. The van der Waals surface area contributed by atoms with Gasteiger partial charge in [-0.3, -0.25) is 9.48 Å². The molecule has 140 valence electrons. The number of benzene rings is 2. The predicted molar refractivity (Wildman–Crippen MR) is 113 cm³/mol. The quantitative estimate of drug-likeness (QED) is 0.443. The highest BCUT2D eigenvalue weighted by Gasteiger charge is 2.18. The van der Waals surface area contributed by atoms with Crippen molar-refractivity contribution < 1.29 is 4.79 Å². The summed E-state index contributed by atoms with van der Waals surface area (Å²) < 4.78 is 1.61. The van der Waals surface area contributed by atoms with Crippen LogP contribution in [0, 0.1) is 0 Å². The van der Waals surface area contributed by atoms with E-state index in [2.05, 4.69) is 15.4 Å². The predicted octanol–water partition coefficient (Wildman–Crippen LogP) is 5.85. The molecule has 28 heavy (non-hydrogen) atoms. The van der Waals surface area contributed by atoms with Gasteiger partial charge >= 0.3 is 0 Å². The largest absolute Gasteiger partial charge is 0.321 e. The highest BCUT2D eigenvalue weighted by Crippen LogP contribution is 2.32. The molecule has 0 radical (unpaired) electrons. The summed E-state index contributed by atoms with van der Waals surface area (Å²) in [5.74, 6) is -0.320. The van der Waals surface area contributed by atoms with Crippen LogP contribution in [0.1, 0.15) is 10.4 Å². The molecule has 2 aromatic carbocycles. The van der Waals surface area contributed by atoms with E-state index in [1.54, 1.807) is 66.5 Å². The van der Waals surface area contributed by atoms with Crippen LogP contribution in [0.2, 0.25) is 15.1 Å². The number of fused-ring (bicyclic) bond motifs is 1. The number of anilines is 1. The minimum absolute atomic E-state index is 0.320. The number of rotatable bonds is 3. The van der Waals surface area contributed by atoms with Gasteiger partial charge in [-0.05, 0) is 36.4 Å². The molecular formula is C20H13Cl3N4O. The number of hydrogen-bond donors (Lipinski definition) is 1. The molecule has 1 amide bonds. The van der Waals surface area contributed by atoms with Crippen molar-refractivity contribution >= 4 is 57.4 Å². The Bertz CT molecular complexity index is 1220. The first-order valence-corrected chi connectivity index (χ1v) is 9.41. The number of aromatic nitrogens is 3. The van der Waals surface area contributed by atoms with Crippen molar-refractivity contribution in [1.82, 2.24) is 14.8 Å². The van der Waals surface area contributed by atoms with Gasteiger partial charge < -0.3 is 5.32 Å². The topological polar surface area (TPSA) is 59.8 Å². The standard InChI is InChI=1S/C20H13Cl3N4O/c1-27-19-14(10-24-27)13(20(28)26-17-5-3-2-4-15(17)22)9-18(25-19)12-7-6-11(21)8-16(12)23/h2-10H,1H3,(H,26,28). The first-order valence-electron chi connectivity index (χ1n) is 8.28. The van der Waals surface area contributed by atoms with E-state index in [4.69, 9.17) is 34.8 Å². The molecule has 8 heteroatoms. The van der Waals surface area contributed by atoms with E-state index < -0.39 is 0 Å². The Morgan fingerprint density at radius 3 is 2.57 bits per heavy atom. The molecule has 0 aliphatic heterocycles. The molecule has 0 spiro atoms. The van der Waals surface area contributed by atoms with Crippen molar-refractivity contribution in [2.45, 2.75) is 0 Å². The van der Waals surface area contributed by atoms with Gasteiger partial charge in [-0.15, -0.1) is 0 Å². The van der Waals surface area contributed by atoms with E-state index in [0.717, 1.165) is 0 Å². The normalized spacial score (nSPS) is 11.0.